The first-order valence-corrected chi connectivity index (χ1v) is 4.57. The molecule has 1 amide bonds. The third kappa shape index (κ3) is 7.38. The predicted octanol–water partition coefficient (Wildman–Crippen LogP) is 2.17. The number of amides is 1. The maximum absolute atomic E-state index is 10.9. The number of alkyl carbamates (subject to hydrolysis) is 1. The van der Waals surface area contributed by atoms with Crippen molar-refractivity contribution in [2.45, 2.75) is 33.6 Å². The van der Waals surface area contributed by atoms with Gasteiger partial charge in [-0.2, -0.15) is 0 Å². The molecule has 72 valence electrons. The van der Waals surface area contributed by atoms with Crippen molar-refractivity contribution in [1.29, 1.82) is 0 Å². The van der Waals surface area contributed by atoms with Gasteiger partial charge in [-0.3, -0.25) is 0 Å². The molecule has 0 rings (SSSR count). The lowest BCUT2D eigenvalue weighted by Crippen LogP contribution is -2.28. The van der Waals surface area contributed by atoms with Crippen LogP contribution in [0.4, 0.5) is 4.79 Å². The van der Waals surface area contributed by atoms with Gasteiger partial charge in [0.25, 0.3) is 0 Å². The zero-order chi connectivity index (χ0) is 9.40. The minimum Gasteiger partial charge on any atom is -0.450 e. The fourth-order valence-electron chi connectivity index (χ4n) is 0.648. The van der Waals surface area contributed by atoms with Crippen LogP contribution in [0, 0.1) is 5.92 Å². The first kappa shape index (κ1) is 11.3. The number of ether oxygens (including phenoxy) is 1. The molecule has 12 heavy (non-hydrogen) atoms. The van der Waals surface area contributed by atoms with Crippen LogP contribution in [0.5, 0.6) is 0 Å². The number of carbonyl (C=O) groups is 1. The zero-order valence-electron chi connectivity index (χ0n) is 8.22. The van der Waals surface area contributed by atoms with Crippen LogP contribution < -0.4 is 5.32 Å². The Morgan fingerprint density at radius 1 is 1.50 bits per heavy atom. The molecule has 0 aliphatic heterocycles. The normalized spacial score (nSPS) is 10.0. The molecule has 0 unspecified atom stereocenters. The van der Waals surface area contributed by atoms with Crippen LogP contribution in [0.2, 0.25) is 0 Å². The topological polar surface area (TPSA) is 38.3 Å². The third-order valence-corrected chi connectivity index (χ3v) is 1.39. The number of nitrogens with one attached hydrogen (secondary N) is 1. The van der Waals surface area contributed by atoms with Gasteiger partial charge >= 0.3 is 6.09 Å². The molecule has 0 heterocycles. The summed E-state index contributed by atoms with van der Waals surface area (Å²) in [6, 6.07) is 0. The van der Waals surface area contributed by atoms with Gasteiger partial charge < -0.3 is 10.1 Å². The largest absolute Gasteiger partial charge is 0.450 e. The van der Waals surface area contributed by atoms with E-state index >= 15 is 0 Å². The Morgan fingerprint density at radius 2 is 2.17 bits per heavy atom. The van der Waals surface area contributed by atoms with Crippen molar-refractivity contribution in [3.05, 3.63) is 0 Å². The number of hydrogen-bond acceptors (Lipinski definition) is 2. The molecular weight excluding hydrogens is 154 g/mol. The summed E-state index contributed by atoms with van der Waals surface area (Å²) in [5.41, 5.74) is 0. The van der Waals surface area contributed by atoms with Gasteiger partial charge in [-0.25, -0.2) is 4.79 Å². The first-order chi connectivity index (χ1) is 5.66. The number of unbranched alkanes of at least 4 members (excludes halogenated alkanes) is 1. The average molecular weight is 173 g/mol. The summed E-state index contributed by atoms with van der Waals surface area (Å²) in [4.78, 5) is 10.9. The fourth-order valence-corrected chi connectivity index (χ4v) is 0.648. The lowest BCUT2D eigenvalue weighted by atomic mass is 10.2. The van der Waals surface area contributed by atoms with E-state index in [1.54, 1.807) is 0 Å². The second-order valence-electron chi connectivity index (χ2n) is 3.26. The summed E-state index contributed by atoms with van der Waals surface area (Å²) < 4.78 is 4.88. The Morgan fingerprint density at radius 3 is 2.67 bits per heavy atom. The van der Waals surface area contributed by atoms with Gasteiger partial charge in [-0.05, 0) is 12.3 Å². The van der Waals surface area contributed by atoms with Gasteiger partial charge in [0.05, 0.1) is 6.61 Å². The molecule has 0 aromatic carbocycles. The Labute approximate surface area is 74.5 Å². The number of carbonyl (C=O) groups excluding carboxylic acids is 1. The van der Waals surface area contributed by atoms with Crippen LogP contribution in [0.3, 0.4) is 0 Å². The highest BCUT2D eigenvalue weighted by molar-refractivity contribution is 5.66. The molecule has 0 saturated carbocycles. The Bertz CT molecular complexity index is 124. The molecule has 0 radical (unpaired) electrons. The van der Waals surface area contributed by atoms with Crippen LogP contribution in [-0.4, -0.2) is 19.2 Å². The molecule has 0 fully saturated rings. The van der Waals surface area contributed by atoms with E-state index in [0.29, 0.717) is 19.1 Å². The van der Waals surface area contributed by atoms with E-state index in [9.17, 15) is 4.79 Å². The smallest absolute Gasteiger partial charge is 0.407 e. The van der Waals surface area contributed by atoms with Crippen LogP contribution in [0.1, 0.15) is 33.6 Å². The van der Waals surface area contributed by atoms with E-state index in [4.69, 9.17) is 4.74 Å². The highest BCUT2D eigenvalue weighted by Gasteiger charge is 2.01. The zero-order valence-corrected chi connectivity index (χ0v) is 8.22. The van der Waals surface area contributed by atoms with Gasteiger partial charge in [0.15, 0.2) is 0 Å². The lowest BCUT2D eigenvalue weighted by molar-refractivity contribution is 0.143. The summed E-state index contributed by atoms with van der Waals surface area (Å²) in [7, 11) is 0. The van der Waals surface area contributed by atoms with Crippen LogP contribution in [0.25, 0.3) is 0 Å². The molecule has 3 heteroatoms. The fraction of sp³-hybridized carbons (Fsp3) is 0.889. The van der Waals surface area contributed by atoms with Gasteiger partial charge in [-0.1, -0.05) is 27.2 Å². The minimum absolute atomic E-state index is 0.294. The molecule has 0 aromatic heterocycles. The van der Waals surface area contributed by atoms with Gasteiger partial charge in [0.1, 0.15) is 0 Å². The Hall–Kier alpha value is -0.730. The highest BCUT2D eigenvalue weighted by atomic mass is 16.5. The molecule has 0 atom stereocenters. The summed E-state index contributed by atoms with van der Waals surface area (Å²) >= 11 is 0. The van der Waals surface area contributed by atoms with E-state index in [1.807, 2.05) is 13.8 Å². The molecule has 0 spiro atoms. The van der Waals surface area contributed by atoms with Crippen LogP contribution >= 0.6 is 0 Å². The van der Waals surface area contributed by atoms with E-state index in [0.717, 1.165) is 12.8 Å². The van der Waals surface area contributed by atoms with E-state index < -0.39 is 0 Å². The molecule has 0 aliphatic rings. The molecule has 0 aromatic rings. The highest BCUT2D eigenvalue weighted by Crippen LogP contribution is 1.90. The number of hydrogen-bond donors (Lipinski definition) is 1. The summed E-state index contributed by atoms with van der Waals surface area (Å²) in [6.07, 6.45) is 1.70. The monoisotopic (exact) mass is 173 g/mol. The van der Waals surface area contributed by atoms with Crippen molar-refractivity contribution in [1.82, 2.24) is 5.32 Å². The molecular formula is C9H19NO2. The second-order valence-corrected chi connectivity index (χ2v) is 3.26. The van der Waals surface area contributed by atoms with Crippen molar-refractivity contribution in [2.75, 3.05) is 13.2 Å². The molecule has 0 aliphatic carbocycles. The standard InChI is InChI=1S/C9H19NO2/c1-4-5-6-12-9(11)10-7-8(2)3/h8H,4-7H2,1-3H3,(H,10,11). The van der Waals surface area contributed by atoms with E-state index in [1.165, 1.54) is 0 Å². The summed E-state index contributed by atoms with van der Waals surface area (Å²) in [5.74, 6) is 0.476. The molecule has 3 nitrogen and oxygen atoms in total. The average Bonchev–Trinajstić information content (AvgIpc) is 2.01. The van der Waals surface area contributed by atoms with Crippen molar-refractivity contribution < 1.29 is 9.53 Å². The van der Waals surface area contributed by atoms with Gasteiger partial charge in [-0.15, -0.1) is 0 Å². The predicted molar refractivity (Wildman–Crippen MR) is 49.1 cm³/mol. The summed E-state index contributed by atoms with van der Waals surface area (Å²) in [6.45, 7) is 7.37. The Kier molecular flexibility index (Phi) is 6.53. The van der Waals surface area contributed by atoms with E-state index in [2.05, 4.69) is 12.2 Å². The minimum atomic E-state index is -0.294. The lowest BCUT2D eigenvalue weighted by Gasteiger charge is -2.07. The first-order valence-electron chi connectivity index (χ1n) is 4.57. The summed E-state index contributed by atoms with van der Waals surface area (Å²) in [5, 5.41) is 2.68. The van der Waals surface area contributed by atoms with Gasteiger partial charge in [0, 0.05) is 6.54 Å². The van der Waals surface area contributed by atoms with Crippen molar-refractivity contribution in [2.24, 2.45) is 5.92 Å². The SMILES string of the molecule is CCCCOC(=O)NCC(C)C. The second kappa shape index (κ2) is 6.95. The maximum Gasteiger partial charge on any atom is 0.407 e. The maximum atomic E-state index is 10.9. The molecule has 0 bridgehead atoms. The Balaban J connectivity index is 3.22. The third-order valence-electron chi connectivity index (χ3n) is 1.39. The molecule has 0 saturated heterocycles. The van der Waals surface area contributed by atoms with E-state index in [-0.39, 0.29) is 6.09 Å². The van der Waals surface area contributed by atoms with Crippen molar-refractivity contribution >= 4 is 6.09 Å². The van der Waals surface area contributed by atoms with Crippen LogP contribution in [0.15, 0.2) is 0 Å². The van der Waals surface area contributed by atoms with Crippen molar-refractivity contribution in [3.63, 3.8) is 0 Å². The number of rotatable bonds is 5. The molecule has 1 N–H and O–H groups in total. The van der Waals surface area contributed by atoms with Crippen molar-refractivity contribution in [3.8, 4) is 0 Å². The van der Waals surface area contributed by atoms with Crippen LogP contribution in [-0.2, 0) is 4.74 Å². The van der Waals surface area contributed by atoms with Gasteiger partial charge in [0.2, 0.25) is 0 Å². The quantitative estimate of drug-likeness (QED) is 0.647.